The van der Waals surface area contributed by atoms with Crippen LogP contribution in [0, 0.1) is 0 Å². The van der Waals surface area contributed by atoms with E-state index in [1.54, 1.807) is 12.1 Å². The van der Waals surface area contributed by atoms with E-state index in [-0.39, 0.29) is 12.8 Å². The molecule has 0 saturated carbocycles. The Morgan fingerprint density at radius 1 is 0.867 bits per heavy atom. The maximum absolute atomic E-state index is 11.9. The highest BCUT2D eigenvalue weighted by Gasteiger charge is 2.24. The second kappa shape index (κ2) is 13.4. The van der Waals surface area contributed by atoms with Gasteiger partial charge in [-0.2, -0.15) is 0 Å². The number of urea groups is 1. The number of unbranched alkanes of at least 4 members (excludes halogenated alkanes) is 1. The lowest BCUT2D eigenvalue weighted by atomic mass is 10.1. The molecule has 1 rings (SSSR count). The van der Waals surface area contributed by atoms with Gasteiger partial charge in [0.1, 0.15) is 12.1 Å². The Hall–Kier alpha value is -2.85. The first kappa shape index (κ1) is 25.2. The summed E-state index contributed by atoms with van der Waals surface area (Å²) in [6.07, 6.45) is 0.610. The van der Waals surface area contributed by atoms with Gasteiger partial charge >= 0.3 is 23.9 Å². The topological polar surface area (TPSA) is 165 Å². The van der Waals surface area contributed by atoms with Crippen molar-refractivity contribution in [3.63, 3.8) is 0 Å². The molecule has 30 heavy (non-hydrogen) atoms. The van der Waals surface area contributed by atoms with E-state index in [1.165, 1.54) is 0 Å². The molecule has 10 nitrogen and oxygen atoms in total. The van der Waals surface area contributed by atoms with Crippen molar-refractivity contribution in [1.82, 2.24) is 16.0 Å². The van der Waals surface area contributed by atoms with Crippen LogP contribution in [0.2, 0.25) is 5.02 Å². The van der Waals surface area contributed by atoms with Gasteiger partial charge in [-0.1, -0.05) is 23.7 Å². The molecule has 1 aromatic carbocycles. The van der Waals surface area contributed by atoms with Crippen LogP contribution in [0.1, 0.15) is 37.7 Å². The number of carboxylic acids is 3. The van der Waals surface area contributed by atoms with Crippen LogP contribution in [0.5, 0.6) is 0 Å². The van der Waals surface area contributed by atoms with E-state index in [0.717, 1.165) is 5.56 Å². The number of amides is 2. The summed E-state index contributed by atoms with van der Waals surface area (Å²) in [6.45, 7) is 1.30. The second-order valence-corrected chi connectivity index (χ2v) is 7.07. The van der Waals surface area contributed by atoms with Crippen molar-refractivity contribution >= 4 is 35.5 Å². The van der Waals surface area contributed by atoms with E-state index in [1.807, 2.05) is 12.1 Å². The standard InChI is InChI=1S/C19H26ClN3O7/c20-13-6-4-12(5-7-13)11-21-10-2-1-3-14(17(26)27)22-19(30)23-15(18(28)29)8-9-16(24)25/h4-7,14-15,21H,1-3,8-11H2,(H,24,25)(H,26,27)(H,28,29)(H2,22,23,30). The van der Waals surface area contributed by atoms with Crippen LogP contribution >= 0.6 is 11.6 Å². The van der Waals surface area contributed by atoms with Crippen LogP contribution in [0.4, 0.5) is 4.79 Å². The van der Waals surface area contributed by atoms with Crippen LogP contribution in [0.15, 0.2) is 24.3 Å². The first-order chi connectivity index (χ1) is 14.2. The van der Waals surface area contributed by atoms with Gasteiger partial charge in [-0.3, -0.25) is 4.79 Å². The molecule has 0 radical (unpaired) electrons. The first-order valence-corrected chi connectivity index (χ1v) is 9.76. The molecule has 2 atom stereocenters. The molecule has 0 heterocycles. The van der Waals surface area contributed by atoms with Crippen molar-refractivity contribution in [2.24, 2.45) is 0 Å². The zero-order valence-corrected chi connectivity index (χ0v) is 17.0. The molecule has 0 aliphatic heterocycles. The van der Waals surface area contributed by atoms with E-state index in [4.69, 9.17) is 21.8 Å². The van der Waals surface area contributed by atoms with Gasteiger partial charge in [0, 0.05) is 18.0 Å². The van der Waals surface area contributed by atoms with Crippen molar-refractivity contribution in [3.05, 3.63) is 34.9 Å². The molecular formula is C19H26ClN3O7. The Morgan fingerprint density at radius 3 is 1.97 bits per heavy atom. The lowest BCUT2D eigenvalue weighted by molar-refractivity contribution is -0.140. The van der Waals surface area contributed by atoms with Gasteiger partial charge in [0.05, 0.1) is 0 Å². The molecule has 0 aromatic heterocycles. The average Bonchev–Trinajstić information content (AvgIpc) is 2.67. The van der Waals surface area contributed by atoms with Crippen molar-refractivity contribution in [3.8, 4) is 0 Å². The van der Waals surface area contributed by atoms with Crippen LogP contribution < -0.4 is 16.0 Å². The molecule has 0 saturated heterocycles. The third-order valence-electron chi connectivity index (χ3n) is 4.19. The fourth-order valence-electron chi connectivity index (χ4n) is 2.57. The predicted molar refractivity (Wildman–Crippen MR) is 108 cm³/mol. The highest BCUT2D eigenvalue weighted by molar-refractivity contribution is 6.30. The molecule has 0 aliphatic carbocycles. The van der Waals surface area contributed by atoms with Crippen molar-refractivity contribution in [1.29, 1.82) is 0 Å². The van der Waals surface area contributed by atoms with Crippen molar-refractivity contribution in [2.75, 3.05) is 6.54 Å². The van der Waals surface area contributed by atoms with E-state index in [0.29, 0.717) is 31.0 Å². The first-order valence-electron chi connectivity index (χ1n) is 9.38. The van der Waals surface area contributed by atoms with Crippen LogP contribution in [0.25, 0.3) is 0 Å². The minimum absolute atomic E-state index is 0.165. The van der Waals surface area contributed by atoms with E-state index >= 15 is 0 Å². The van der Waals surface area contributed by atoms with Gasteiger partial charge in [-0.15, -0.1) is 0 Å². The molecule has 2 unspecified atom stereocenters. The molecule has 0 spiro atoms. The summed E-state index contributed by atoms with van der Waals surface area (Å²) in [5.41, 5.74) is 1.07. The van der Waals surface area contributed by atoms with Crippen molar-refractivity contribution < 1.29 is 34.5 Å². The maximum Gasteiger partial charge on any atom is 0.326 e. The number of aliphatic carboxylic acids is 3. The molecule has 1 aromatic rings. The molecule has 11 heteroatoms. The monoisotopic (exact) mass is 443 g/mol. The largest absolute Gasteiger partial charge is 0.481 e. The lowest BCUT2D eigenvalue weighted by Crippen LogP contribution is -2.51. The summed E-state index contributed by atoms with van der Waals surface area (Å²) in [5, 5.41) is 35.1. The smallest absolute Gasteiger partial charge is 0.326 e. The SMILES string of the molecule is O=C(O)CCC(NC(=O)NC(CCCCNCc1ccc(Cl)cc1)C(=O)O)C(=O)O. The average molecular weight is 444 g/mol. The molecule has 0 fully saturated rings. The summed E-state index contributed by atoms with van der Waals surface area (Å²) >= 11 is 5.82. The quantitative estimate of drug-likeness (QED) is 0.236. The van der Waals surface area contributed by atoms with Crippen LogP contribution in [-0.2, 0) is 20.9 Å². The van der Waals surface area contributed by atoms with E-state index in [9.17, 15) is 24.3 Å². The Kier molecular flexibility index (Phi) is 11.2. The zero-order valence-electron chi connectivity index (χ0n) is 16.3. The van der Waals surface area contributed by atoms with E-state index < -0.39 is 42.4 Å². The number of rotatable bonds is 14. The number of hydrogen-bond acceptors (Lipinski definition) is 5. The maximum atomic E-state index is 11.9. The molecule has 0 bridgehead atoms. The van der Waals surface area contributed by atoms with Gasteiger partial charge in [-0.25, -0.2) is 14.4 Å². The molecular weight excluding hydrogens is 418 g/mol. The lowest BCUT2D eigenvalue weighted by Gasteiger charge is -2.18. The highest BCUT2D eigenvalue weighted by atomic mass is 35.5. The third kappa shape index (κ3) is 10.6. The normalized spacial score (nSPS) is 12.6. The third-order valence-corrected chi connectivity index (χ3v) is 4.44. The van der Waals surface area contributed by atoms with Gasteiger partial charge in [-0.05, 0) is 49.9 Å². The van der Waals surface area contributed by atoms with Crippen LogP contribution in [-0.4, -0.2) is 57.9 Å². The van der Waals surface area contributed by atoms with Gasteiger partial charge < -0.3 is 31.3 Å². The van der Waals surface area contributed by atoms with Crippen molar-refractivity contribution in [2.45, 2.75) is 50.7 Å². The molecule has 6 N–H and O–H groups in total. The highest BCUT2D eigenvalue weighted by Crippen LogP contribution is 2.09. The Labute approximate surface area is 178 Å². The number of carbonyl (C=O) groups excluding carboxylic acids is 1. The van der Waals surface area contributed by atoms with Crippen LogP contribution in [0.3, 0.4) is 0 Å². The zero-order chi connectivity index (χ0) is 22.5. The fourth-order valence-corrected chi connectivity index (χ4v) is 2.70. The Bertz CT molecular complexity index is 727. The minimum Gasteiger partial charge on any atom is -0.481 e. The predicted octanol–water partition coefficient (Wildman–Crippen LogP) is 1.67. The number of halogens is 1. The van der Waals surface area contributed by atoms with Gasteiger partial charge in [0.2, 0.25) is 0 Å². The Morgan fingerprint density at radius 2 is 1.43 bits per heavy atom. The summed E-state index contributed by atoms with van der Waals surface area (Å²) in [4.78, 5) is 44.9. The second-order valence-electron chi connectivity index (χ2n) is 6.63. The molecule has 0 aliphatic rings. The number of carbonyl (C=O) groups is 4. The number of hydrogen-bond donors (Lipinski definition) is 6. The Balaban J connectivity index is 2.34. The number of carboxylic acid groups (broad SMARTS) is 3. The van der Waals surface area contributed by atoms with Gasteiger partial charge in [0.25, 0.3) is 0 Å². The molecule has 2 amide bonds. The minimum atomic E-state index is -1.42. The summed E-state index contributed by atoms with van der Waals surface area (Å²) in [5.74, 6) is -3.83. The van der Waals surface area contributed by atoms with E-state index in [2.05, 4.69) is 16.0 Å². The number of benzene rings is 1. The fraction of sp³-hybridized carbons (Fsp3) is 0.474. The summed E-state index contributed by atoms with van der Waals surface area (Å²) in [6, 6.07) is 3.81. The molecule has 166 valence electrons. The summed E-state index contributed by atoms with van der Waals surface area (Å²) in [7, 11) is 0. The van der Waals surface area contributed by atoms with Gasteiger partial charge in [0.15, 0.2) is 0 Å². The summed E-state index contributed by atoms with van der Waals surface area (Å²) < 4.78 is 0. The number of nitrogens with one attached hydrogen (secondary N) is 3.